The predicted molar refractivity (Wildman–Crippen MR) is 121 cm³/mol. The zero-order chi connectivity index (χ0) is 23.6. The molecule has 1 aromatic carbocycles. The van der Waals surface area contributed by atoms with Gasteiger partial charge in [0.1, 0.15) is 0 Å². The van der Waals surface area contributed by atoms with Crippen molar-refractivity contribution in [3.8, 4) is 0 Å². The lowest BCUT2D eigenvalue weighted by molar-refractivity contribution is -0.353. The van der Waals surface area contributed by atoms with Gasteiger partial charge in [-0.1, -0.05) is 25.0 Å². The molecule has 0 unspecified atom stereocenters. The molecule has 1 aliphatic heterocycles. The van der Waals surface area contributed by atoms with Gasteiger partial charge in [0.2, 0.25) is 0 Å². The Kier molecular flexibility index (Phi) is 5.16. The van der Waals surface area contributed by atoms with Crippen molar-refractivity contribution in [3.63, 3.8) is 0 Å². The fourth-order valence-electron chi connectivity index (χ4n) is 6.73. The summed E-state index contributed by atoms with van der Waals surface area (Å²) in [5.74, 6) is -0.920. The van der Waals surface area contributed by atoms with E-state index in [1.54, 1.807) is 12.1 Å². The number of carboxylic acids is 1. The summed E-state index contributed by atoms with van der Waals surface area (Å²) < 4.78 is 40.4. The van der Waals surface area contributed by atoms with E-state index >= 15 is 0 Å². The van der Waals surface area contributed by atoms with Crippen LogP contribution >= 0.6 is 0 Å². The molecule has 180 valence electrons. The van der Waals surface area contributed by atoms with Gasteiger partial charge < -0.3 is 10.0 Å². The summed E-state index contributed by atoms with van der Waals surface area (Å²) in [6, 6.07) is 7.01. The molecule has 3 saturated carbocycles. The minimum atomic E-state index is -4.06. The van der Waals surface area contributed by atoms with Gasteiger partial charge >= 0.3 is 12.1 Å². The number of allylic oxidation sites excluding steroid dienone is 1. The number of hydrogen-bond acceptors (Lipinski definition) is 3. The van der Waals surface area contributed by atoms with Gasteiger partial charge in [-0.2, -0.15) is 13.2 Å². The third kappa shape index (κ3) is 3.86. The smallest absolute Gasteiger partial charge is 0.394 e. The fourth-order valence-corrected chi connectivity index (χ4v) is 6.73. The van der Waals surface area contributed by atoms with Crippen LogP contribution in [0.3, 0.4) is 0 Å². The third-order valence-corrected chi connectivity index (χ3v) is 8.72. The van der Waals surface area contributed by atoms with Crippen LogP contribution in [0.4, 0.5) is 18.9 Å². The van der Waals surface area contributed by atoms with E-state index in [4.69, 9.17) is 5.11 Å². The molecule has 0 amide bonds. The SMILES string of the molecule is CC1(C)CCC(CN2CCN(c3ccc(C(=O)O)cc3)CC2)=C(C23CC(C(F)(F)F)(C2)C3)C1. The number of carbonyl (C=O) groups is 1. The van der Waals surface area contributed by atoms with Gasteiger partial charge in [0, 0.05) is 38.4 Å². The number of benzene rings is 1. The summed E-state index contributed by atoms with van der Waals surface area (Å²) in [7, 11) is 0. The minimum Gasteiger partial charge on any atom is -0.478 e. The van der Waals surface area contributed by atoms with Crippen LogP contribution in [-0.4, -0.2) is 54.9 Å². The van der Waals surface area contributed by atoms with Crippen molar-refractivity contribution in [2.75, 3.05) is 37.6 Å². The highest BCUT2D eigenvalue weighted by Gasteiger charge is 2.79. The Morgan fingerprint density at radius 1 is 1.03 bits per heavy atom. The van der Waals surface area contributed by atoms with Gasteiger partial charge in [-0.05, 0) is 73.6 Å². The van der Waals surface area contributed by atoms with E-state index < -0.39 is 17.6 Å². The Bertz CT molecular complexity index is 952. The van der Waals surface area contributed by atoms with Crippen molar-refractivity contribution in [1.82, 2.24) is 4.90 Å². The summed E-state index contributed by atoms with van der Waals surface area (Å²) >= 11 is 0. The van der Waals surface area contributed by atoms with Crippen molar-refractivity contribution < 1.29 is 23.1 Å². The molecule has 5 aliphatic rings. The topological polar surface area (TPSA) is 43.8 Å². The fraction of sp³-hybridized carbons (Fsp3) is 0.654. The van der Waals surface area contributed by atoms with Crippen LogP contribution in [0.25, 0.3) is 0 Å². The zero-order valence-electron chi connectivity index (χ0n) is 19.5. The second-order valence-corrected chi connectivity index (χ2v) is 11.6. The van der Waals surface area contributed by atoms with E-state index in [9.17, 15) is 18.0 Å². The largest absolute Gasteiger partial charge is 0.478 e. The number of alkyl halides is 3. The molecule has 4 fully saturated rings. The quantitative estimate of drug-likeness (QED) is 0.566. The molecule has 1 saturated heterocycles. The molecule has 33 heavy (non-hydrogen) atoms. The monoisotopic (exact) mass is 462 g/mol. The molecule has 2 bridgehead atoms. The molecular weight excluding hydrogens is 429 g/mol. The molecule has 0 radical (unpaired) electrons. The van der Waals surface area contributed by atoms with E-state index in [2.05, 4.69) is 23.6 Å². The summed E-state index contributed by atoms with van der Waals surface area (Å²) in [6.45, 7) is 8.91. The first-order chi connectivity index (χ1) is 15.4. The van der Waals surface area contributed by atoms with Crippen molar-refractivity contribution in [2.24, 2.45) is 16.2 Å². The lowest BCUT2D eigenvalue weighted by Gasteiger charge is -2.72. The van der Waals surface area contributed by atoms with Gasteiger partial charge in [0.25, 0.3) is 0 Å². The van der Waals surface area contributed by atoms with Gasteiger partial charge in [-0.3, -0.25) is 4.90 Å². The molecular formula is C26H33F3N2O2. The number of aromatic carboxylic acids is 1. The molecule has 4 nitrogen and oxygen atoms in total. The van der Waals surface area contributed by atoms with Crippen LogP contribution in [0.5, 0.6) is 0 Å². The number of nitrogens with zero attached hydrogens (tertiary/aromatic N) is 2. The average molecular weight is 463 g/mol. The number of piperazine rings is 1. The Morgan fingerprint density at radius 2 is 1.64 bits per heavy atom. The van der Waals surface area contributed by atoms with E-state index in [1.807, 2.05) is 12.1 Å². The Hall–Kier alpha value is -2.02. The van der Waals surface area contributed by atoms with E-state index in [0.717, 1.165) is 57.7 Å². The molecule has 7 heteroatoms. The summed E-state index contributed by atoms with van der Waals surface area (Å²) in [5, 5.41) is 9.09. The highest BCUT2D eigenvalue weighted by molar-refractivity contribution is 5.88. The Balaban J connectivity index is 1.25. The maximum atomic E-state index is 13.5. The van der Waals surface area contributed by atoms with Gasteiger partial charge in [-0.25, -0.2) is 4.79 Å². The number of anilines is 1. The van der Waals surface area contributed by atoms with Crippen LogP contribution in [0.15, 0.2) is 35.4 Å². The van der Waals surface area contributed by atoms with E-state index in [0.29, 0.717) is 19.3 Å². The van der Waals surface area contributed by atoms with Gasteiger partial charge in [0.15, 0.2) is 0 Å². The highest BCUT2D eigenvalue weighted by Crippen LogP contribution is 2.82. The highest BCUT2D eigenvalue weighted by atomic mass is 19.4. The Labute approximate surface area is 193 Å². The van der Waals surface area contributed by atoms with Crippen molar-refractivity contribution in [1.29, 1.82) is 0 Å². The molecule has 1 aromatic rings. The number of rotatable bonds is 5. The third-order valence-electron chi connectivity index (χ3n) is 8.72. The molecule has 0 spiro atoms. The molecule has 0 atom stereocenters. The molecule has 0 aromatic heterocycles. The van der Waals surface area contributed by atoms with Crippen molar-refractivity contribution in [3.05, 3.63) is 41.0 Å². The lowest BCUT2D eigenvalue weighted by Crippen LogP contribution is -2.69. The normalized spacial score (nSPS) is 31.7. The maximum absolute atomic E-state index is 13.5. The average Bonchev–Trinajstić information content (AvgIpc) is 2.67. The predicted octanol–water partition coefficient (Wildman–Crippen LogP) is 5.75. The van der Waals surface area contributed by atoms with Gasteiger partial charge in [0.05, 0.1) is 11.0 Å². The van der Waals surface area contributed by atoms with Crippen LogP contribution in [-0.2, 0) is 0 Å². The zero-order valence-corrected chi connectivity index (χ0v) is 19.5. The molecule has 4 aliphatic carbocycles. The number of hydrogen-bond donors (Lipinski definition) is 1. The summed E-state index contributed by atoms with van der Waals surface area (Å²) in [4.78, 5) is 15.8. The van der Waals surface area contributed by atoms with Crippen LogP contribution in [0.2, 0.25) is 0 Å². The van der Waals surface area contributed by atoms with E-state index in [-0.39, 0.29) is 16.4 Å². The summed E-state index contributed by atoms with van der Waals surface area (Å²) in [5.41, 5.74) is 2.68. The number of carboxylic acid groups (broad SMARTS) is 1. The second kappa shape index (κ2) is 7.49. The molecule has 6 rings (SSSR count). The first-order valence-corrected chi connectivity index (χ1v) is 12.0. The number of halogens is 3. The summed E-state index contributed by atoms with van der Waals surface area (Å²) in [6.07, 6.45) is -0.109. The molecule has 1 heterocycles. The molecule has 1 N–H and O–H groups in total. The van der Waals surface area contributed by atoms with Crippen LogP contribution < -0.4 is 4.90 Å². The first kappa shape index (κ1) is 22.8. The Morgan fingerprint density at radius 3 is 2.18 bits per heavy atom. The first-order valence-electron chi connectivity index (χ1n) is 12.0. The van der Waals surface area contributed by atoms with Gasteiger partial charge in [-0.15, -0.1) is 0 Å². The standard InChI is InChI=1S/C26H33F3N2O2/c1-23(2)8-7-19(21(13-23)24-15-25(16-24,17-24)26(27,28)29)14-30-9-11-31(12-10-30)20-5-3-18(4-6-20)22(32)33/h3-6H,7-17H2,1-2H3,(H,32,33). The second-order valence-electron chi connectivity index (χ2n) is 11.6. The van der Waals surface area contributed by atoms with Crippen molar-refractivity contribution >= 4 is 11.7 Å². The van der Waals surface area contributed by atoms with E-state index in [1.165, 1.54) is 11.1 Å². The van der Waals surface area contributed by atoms with Crippen LogP contribution in [0, 0.1) is 16.2 Å². The maximum Gasteiger partial charge on any atom is 0.394 e. The lowest BCUT2D eigenvalue weighted by atomic mass is 9.31. The van der Waals surface area contributed by atoms with Crippen molar-refractivity contribution in [2.45, 2.75) is 58.5 Å². The minimum absolute atomic E-state index is 0.167. The van der Waals surface area contributed by atoms with Crippen LogP contribution in [0.1, 0.15) is 62.7 Å².